The number of amidine groups is 2. The summed E-state index contributed by atoms with van der Waals surface area (Å²) in [6, 6.07) is 63.1. The normalized spacial score (nSPS) is 14.5. The Morgan fingerprint density at radius 3 is 1.89 bits per heavy atom. The number of hydrogen-bond donors (Lipinski definition) is 1. The standard InChI is InChI=1S/C51H32N4O2/c1-3-14-31(15-4-1)49-52-50(32-16-5-2-6-17-32)54-51(53-49)40-23-13-27-44-46(40)39-29-28-33(30-45(39)56-44)34-20-11-21-37-38-22-12-26-43(48(38)57-47(34)37)55-41-24-9-7-18-35(41)36-19-8-10-25-42(36)55/h1-30,51H,(H,52,53,54). The maximum atomic E-state index is 6.97. The Kier molecular flexibility index (Phi) is 6.89. The van der Waals surface area contributed by atoms with Gasteiger partial charge in [0.25, 0.3) is 0 Å². The van der Waals surface area contributed by atoms with Crippen LogP contribution in [0, 0.1) is 0 Å². The summed E-state index contributed by atoms with van der Waals surface area (Å²) < 4.78 is 15.9. The first-order valence-electron chi connectivity index (χ1n) is 19.2. The first-order chi connectivity index (χ1) is 28.3. The van der Waals surface area contributed by atoms with Gasteiger partial charge in [-0.15, -0.1) is 0 Å². The van der Waals surface area contributed by atoms with E-state index in [0.29, 0.717) is 5.84 Å². The maximum Gasteiger partial charge on any atom is 0.159 e. The topological polar surface area (TPSA) is 68.0 Å². The molecule has 0 saturated heterocycles. The van der Waals surface area contributed by atoms with Gasteiger partial charge in [0, 0.05) is 54.6 Å². The molecular formula is C51H32N4O2. The van der Waals surface area contributed by atoms with Crippen LogP contribution in [0.5, 0.6) is 0 Å². The number of fused-ring (bicyclic) bond motifs is 9. The average Bonchev–Trinajstić information content (AvgIpc) is 3.96. The minimum absolute atomic E-state index is 0.384. The average molecular weight is 733 g/mol. The van der Waals surface area contributed by atoms with Crippen molar-refractivity contribution in [1.82, 2.24) is 9.88 Å². The fourth-order valence-electron chi connectivity index (χ4n) is 8.71. The number of furan rings is 2. The molecule has 8 aromatic carbocycles. The number of hydrogen-bond acceptors (Lipinski definition) is 5. The molecule has 4 heterocycles. The molecule has 0 aliphatic carbocycles. The Morgan fingerprint density at radius 2 is 1.12 bits per heavy atom. The molecule has 0 radical (unpaired) electrons. The fourth-order valence-corrected chi connectivity index (χ4v) is 8.71. The zero-order valence-corrected chi connectivity index (χ0v) is 30.6. The van der Waals surface area contributed by atoms with Crippen molar-refractivity contribution in [3.8, 4) is 16.8 Å². The van der Waals surface area contributed by atoms with E-state index in [1.165, 1.54) is 10.8 Å². The quantitative estimate of drug-likeness (QED) is 0.192. The smallest absolute Gasteiger partial charge is 0.159 e. The lowest BCUT2D eigenvalue weighted by molar-refractivity contribution is 0.662. The summed E-state index contributed by atoms with van der Waals surface area (Å²) in [5.74, 6) is 1.47. The van der Waals surface area contributed by atoms with Crippen molar-refractivity contribution < 1.29 is 8.83 Å². The molecule has 268 valence electrons. The van der Waals surface area contributed by atoms with Crippen LogP contribution in [0.15, 0.2) is 201 Å². The van der Waals surface area contributed by atoms with E-state index in [1.807, 2.05) is 48.5 Å². The molecule has 12 rings (SSSR count). The zero-order valence-electron chi connectivity index (χ0n) is 30.6. The molecule has 3 aromatic heterocycles. The van der Waals surface area contributed by atoms with E-state index >= 15 is 0 Å². The molecule has 1 aliphatic heterocycles. The van der Waals surface area contributed by atoms with Crippen LogP contribution in [0.4, 0.5) is 0 Å². The van der Waals surface area contributed by atoms with Gasteiger partial charge in [0.15, 0.2) is 11.4 Å². The van der Waals surface area contributed by atoms with Gasteiger partial charge >= 0.3 is 0 Å². The summed E-state index contributed by atoms with van der Waals surface area (Å²) in [6.07, 6.45) is -0.384. The monoisotopic (exact) mass is 732 g/mol. The van der Waals surface area contributed by atoms with Crippen molar-refractivity contribution in [3.05, 3.63) is 199 Å². The lowest BCUT2D eigenvalue weighted by Crippen LogP contribution is -2.33. The fraction of sp³-hybridized carbons (Fsp3) is 0.0196. The number of rotatable bonds is 5. The van der Waals surface area contributed by atoms with Crippen LogP contribution in [0.25, 0.3) is 82.5 Å². The highest BCUT2D eigenvalue weighted by Gasteiger charge is 2.25. The van der Waals surface area contributed by atoms with Crippen LogP contribution in [0.3, 0.4) is 0 Å². The number of nitrogens with zero attached hydrogens (tertiary/aromatic N) is 3. The van der Waals surface area contributed by atoms with Crippen LogP contribution in [-0.2, 0) is 0 Å². The van der Waals surface area contributed by atoms with Crippen LogP contribution in [-0.4, -0.2) is 16.2 Å². The van der Waals surface area contributed by atoms with Crippen molar-refractivity contribution in [1.29, 1.82) is 0 Å². The third-order valence-corrected chi connectivity index (χ3v) is 11.3. The molecular weight excluding hydrogens is 701 g/mol. The van der Waals surface area contributed by atoms with E-state index in [9.17, 15) is 0 Å². The van der Waals surface area contributed by atoms with Crippen molar-refractivity contribution in [2.24, 2.45) is 9.98 Å². The Balaban J connectivity index is 0.996. The van der Waals surface area contributed by atoms with Gasteiger partial charge in [0.05, 0.1) is 16.7 Å². The van der Waals surface area contributed by atoms with Crippen LogP contribution in [0.1, 0.15) is 22.9 Å². The first kappa shape index (κ1) is 31.6. The molecule has 1 unspecified atom stereocenters. The Hall–Kier alpha value is -7.70. The van der Waals surface area contributed by atoms with Crippen LogP contribution in [0.2, 0.25) is 0 Å². The Morgan fingerprint density at radius 1 is 0.474 bits per heavy atom. The predicted molar refractivity (Wildman–Crippen MR) is 233 cm³/mol. The summed E-state index contributed by atoms with van der Waals surface area (Å²) in [6.45, 7) is 0. The summed E-state index contributed by atoms with van der Waals surface area (Å²) >= 11 is 0. The molecule has 0 bridgehead atoms. The number of nitrogens with one attached hydrogen (secondary N) is 1. The number of para-hydroxylation sites is 4. The summed E-state index contributed by atoms with van der Waals surface area (Å²) in [7, 11) is 0. The number of benzene rings is 8. The highest BCUT2D eigenvalue weighted by molar-refractivity contribution is 6.16. The number of aromatic nitrogens is 1. The van der Waals surface area contributed by atoms with Crippen molar-refractivity contribution in [2.75, 3.05) is 0 Å². The zero-order chi connectivity index (χ0) is 37.5. The molecule has 0 spiro atoms. The Labute approximate surface area is 326 Å². The van der Waals surface area contributed by atoms with Crippen molar-refractivity contribution >= 4 is 77.4 Å². The molecule has 0 fully saturated rings. The molecule has 57 heavy (non-hydrogen) atoms. The maximum absolute atomic E-state index is 6.97. The van der Waals surface area contributed by atoms with Crippen molar-refractivity contribution in [2.45, 2.75) is 6.17 Å². The van der Waals surface area contributed by atoms with E-state index < -0.39 is 0 Å². The highest BCUT2D eigenvalue weighted by Crippen LogP contribution is 2.42. The van der Waals surface area contributed by atoms with Crippen LogP contribution < -0.4 is 5.32 Å². The third-order valence-electron chi connectivity index (χ3n) is 11.3. The second-order valence-corrected chi connectivity index (χ2v) is 14.5. The first-order valence-corrected chi connectivity index (χ1v) is 19.2. The van der Waals surface area contributed by atoms with Gasteiger partial charge in [-0.3, -0.25) is 0 Å². The predicted octanol–water partition coefficient (Wildman–Crippen LogP) is 12.7. The highest BCUT2D eigenvalue weighted by atomic mass is 16.3. The summed E-state index contributed by atoms with van der Waals surface area (Å²) in [5.41, 5.74) is 11.6. The lowest BCUT2D eigenvalue weighted by Gasteiger charge is -2.24. The lowest BCUT2D eigenvalue weighted by atomic mass is 9.99. The molecule has 0 amide bonds. The molecule has 0 saturated carbocycles. The van der Waals surface area contributed by atoms with Gasteiger partial charge in [-0.25, -0.2) is 9.98 Å². The second-order valence-electron chi connectivity index (χ2n) is 14.5. The molecule has 1 atom stereocenters. The van der Waals surface area contributed by atoms with E-state index in [1.54, 1.807) is 0 Å². The van der Waals surface area contributed by atoms with Gasteiger partial charge in [-0.05, 0) is 42.0 Å². The molecule has 1 N–H and O–H groups in total. The van der Waals surface area contributed by atoms with E-state index in [-0.39, 0.29) is 6.17 Å². The third kappa shape index (κ3) is 4.90. The van der Waals surface area contributed by atoms with Gasteiger partial charge in [-0.2, -0.15) is 0 Å². The van der Waals surface area contributed by atoms with E-state index in [2.05, 4.69) is 143 Å². The van der Waals surface area contributed by atoms with Crippen molar-refractivity contribution in [3.63, 3.8) is 0 Å². The molecule has 6 heteroatoms. The number of aliphatic imine (C=N–C) groups is 2. The molecule has 6 nitrogen and oxygen atoms in total. The van der Waals surface area contributed by atoms with Gasteiger partial charge in [0.2, 0.25) is 0 Å². The van der Waals surface area contributed by atoms with Gasteiger partial charge in [-0.1, -0.05) is 146 Å². The van der Waals surface area contributed by atoms with Gasteiger partial charge in [0.1, 0.15) is 28.8 Å². The van der Waals surface area contributed by atoms with Crippen LogP contribution >= 0.6 is 0 Å². The summed E-state index contributed by atoms with van der Waals surface area (Å²) in [4.78, 5) is 10.2. The van der Waals surface area contributed by atoms with Gasteiger partial charge < -0.3 is 18.7 Å². The second kappa shape index (κ2) is 12.4. The molecule has 1 aliphatic rings. The minimum Gasteiger partial charge on any atom is -0.456 e. The minimum atomic E-state index is -0.384. The van der Waals surface area contributed by atoms with E-state index in [4.69, 9.17) is 18.8 Å². The summed E-state index contributed by atoms with van der Waals surface area (Å²) in [5, 5.41) is 10.3. The van der Waals surface area contributed by atoms with E-state index in [0.717, 1.165) is 94.3 Å². The molecule has 11 aromatic rings. The Bertz CT molecular complexity index is 3390. The largest absolute Gasteiger partial charge is 0.456 e. The SMILES string of the molecule is c1ccc(C2=NC(c3cccc4oc5cc(-c6cccc7c6oc6c(-n8c9ccccc9c9ccccc98)cccc67)ccc5c34)NC(c3ccccc3)=N2)cc1.